The molecule has 1 rings (SSSR count). The second kappa shape index (κ2) is 5.49. The molecule has 0 saturated heterocycles. The van der Waals surface area contributed by atoms with E-state index in [2.05, 4.69) is 4.98 Å². The maximum absolute atomic E-state index is 11.1. The van der Waals surface area contributed by atoms with Crippen LogP contribution in [0.5, 0.6) is 0 Å². The molecular weight excluding hydrogens is 204 g/mol. The van der Waals surface area contributed by atoms with Crippen LogP contribution in [0.25, 0.3) is 0 Å². The predicted molar refractivity (Wildman–Crippen MR) is 63.5 cm³/mol. The molecule has 0 fully saturated rings. The summed E-state index contributed by atoms with van der Waals surface area (Å²) in [5.41, 5.74) is 0.988. The largest absolute Gasteiger partial charge is 0.481 e. The van der Waals surface area contributed by atoms with E-state index >= 15 is 0 Å². The summed E-state index contributed by atoms with van der Waals surface area (Å²) in [6.45, 7) is 4.37. The minimum Gasteiger partial charge on any atom is -0.481 e. The van der Waals surface area contributed by atoms with Gasteiger partial charge in [-0.1, -0.05) is 13.8 Å². The summed E-state index contributed by atoms with van der Waals surface area (Å²) in [6.07, 6.45) is 3.41. The second-order valence-corrected chi connectivity index (χ2v) is 4.27. The Hall–Kier alpha value is -1.58. The van der Waals surface area contributed by atoms with E-state index < -0.39 is 5.97 Å². The van der Waals surface area contributed by atoms with Gasteiger partial charge in [0, 0.05) is 31.7 Å². The standard InChI is InChI=1S/C12H18N2O2/c1-9(2)11(12(15)16)8-14(3)10-4-6-13-7-5-10/h4-7,9,11H,8H2,1-3H3,(H,15,16). The van der Waals surface area contributed by atoms with Crippen molar-refractivity contribution in [2.24, 2.45) is 11.8 Å². The van der Waals surface area contributed by atoms with Gasteiger partial charge in [0.05, 0.1) is 5.92 Å². The van der Waals surface area contributed by atoms with E-state index in [1.807, 2.05) is 37.9 Å². The highest BCUT2D eigenvalue weighted by Gasteiger charge is 2.23. The fourth-order valence-corrected chi connectivity index (χ4v) is 1.57. The summed E-state index contributed by atoms with van der Waals surface area (Å²) in [5.74, 6) is -0.962. The van der Waals surface area contributed by atoms with Crippen molar-refractivity contribution in [3.8, 4) is 0 Å². The van der Waals surface area contributed by atoms with Crippen LogP contribution in [0.15, 0.2) is 24.5 Å². The first-order valence-corrected chi connectivity index (χ1v) is 5.36. The highest BCUT2D eigenvalue weighted by Crippen LogP contribution is 2.17. The van der Waals surface area contributed by atoms with Gasteiger partial charge in [-0.15, -0.1) is 0 Å². The first kappa shape index (κ1) is 12.5. The Bertz CT molecular complexity index is 338. The molecule has 1 heterocycles. The van der Waals surface area contributed by atoms with Crippen LogP contribution in [0, 0.1) is 11.8 Å². The van der Waals surface area contributed by atoms with Gasteiger partial charge in [0.25, 0.3) is 0 Å². The van der Waals surface area contributed by atoms with Crippen molar-refractivity contribution in [3.05, 3.63) is 24.5 Å². The third kappa shape index (κ3) is 3.22. The molecule has 4 heteroatoms. The van der Waals surface area contributed by atoms with Crippen molar-refractivity contribution in [2.45, 2.75) is 13.8 Å². The lowest BCUT2D eigenvalue weighted by atomic mass is 9.95. The zero-order chi connectivity index (χ0) is 12.1. The highest BCUT2D eigenvalue weighted by atomic mass is 16.4. The molecule has 0 bridgehead atoms. The van der Waals surface area contributed by atoms with Crippen LogP contribution >= 0.6 is 0 Å². The number of carbonyl (C=O) groups is 1. The van der Waals surface area contributed by atoms with Crippen molar-refractivity contribution in [2.75, 3.05) is 18.5 Å². The van der Waals surface area contributed by atoms with E-state index in [0.29, 0.717) is 6.54 Å². The summed E-state index contributed by atoms with van der Waals surface area (Å²) >= 11 is 0. The zero-order valence-electron chi connectivity index (χ0n) is 9.92. The van der Waals surface area contributed by atoms with Crippen LogP contribution in [0.2, 0.25) is 0 Å². The summed E-state index contributed by atoms with van der Waals surface area (Å²) < 4.78 is 0. The molecule has 0 amide bonds. The topological polar surface area (TPSA) is 53.4 Å². The number of carboxylic acids is 1. The third-order valence-corrected chi connectivity index (χ3v) is 2.70. The van der Waals surface area contributed by atoms with Crippen molar-refractivity contribution < 1.29 is 9.90 Å². The molecule has 0 aliphatic rings. The average Bonchev–Trinajstić information content (AvgIpc) is 2.25. The number of hydrogen-bond donors (Lipinski definition) is 1. The van der Waals surface area contributed by atoms with Crippen molar-refractivity contribution in [1.82, 2.24) is 4.98 Å². The van der Waals surface area contributed by atoms with Gasteiger partial charge in [-0.05, 0) is 18.1 Å². The molecule has 0 aliphatic heterocycles. The molecule has 1 atom stereocenters. The van der Waals surface area contributed by atoms with E-state index in [9.17, 15) is 4.79 Å². The van der Waals surface area contributed by atoms with Crippen molar-refractivity contribution >= 4 is 11.7 Å². The Balaban J connectivity index is 2.69. The van der Waals surface area contributed by atoms with E-state index in [1.165, 1.54) is 0 Å². The minimum absolute atomic E-state index is 0.127. The van der Waals surface area contributed by atoms with Crippen LogP contribution in [0.1, 0.15) is 13.8 Å². The summed E-state index contributed by atoms with van der Waals surface area (Å²) in [7, 11) is 1.90. The number of rotatable bonds is 5. The number of pyridine rings is 1. The average molecular weight is 222 g/mol. The molecule has 88 valence electrons. The van der Waals surface area contributed by atoms with E-state index in [-0.39, 0.29) is 11.8 Å². The molecule has 4 nitrogen and oxygen atoms in total. The van der Waals surface area contributed by atoms with Gasteiger partial charge >= 0.3 is 5.97 Å². The molecule has 1 N–H and O–H groups in total. The Morgan fingerprint density at radius 1 is 1.44 bits per heavy atom. The number of carboxylic acid groups (broad SMARTS) is 1. The smallest absolute Gasteiger partial charge is 0.308 e. The molecule has 1 unspecified atom stereocenters. The van der Waals surface area contributed by atoms with Gasteiger partial charge in [0.1, 0.15) is 0 Å². The van der Waals surface area contributed by atoms with Crippen molar-refractivity contribution in [3.63, 3.8) is 0 Å². The van der Waals surface area contributed by atoms with E-state index in [0.717, 1.165) is 5.69 Å². The molecule has 0 saturated carbocycles. The fraction of sp³-hybridized carbons (Fsp3) is 0.500. The molecule has 0 aromatic carbocycles. The molecule has 0 spiro atoms. The maximum atomic E-state index is 11.1. The van der Waals surface area contributed by atoms with E-state index in [1.54, 1.807) is 12.4 Å². The number of nitrogens with zero attached hydrogens (tertiary/aromatic N) is 2. The van der Waals surface area contributed by atoms with Gasteiger partial charge in [0.2, 0.25) is 0 Å². The molecule has 16 heavy (non-hydrogen) atoms. The molecule has 0 radical (unpaired) electrons. The Labute approximate surface area is 95.9 Å². The lowest BCUT2D eigenvalue weighted by Gasteiger charge is -2.25. The molecule has 0 aliphatic carbocycles. The monoisotopic (exact) mass is 222 g/mol. The van der Waals surface area contributed by atoms with Crippen molar-refractivity contribution in [1.29, 1.82) is 0 Å². The van der Waals surface area contributed by atoms with Gasteiger partial charge in [-0.3, -0.25) is 9.78 Å². The van der Waals surface area contributed by atoms with Gasteiger partial charge in [0.15, 0.2) is 0 Å². The Morgan fingerprint density at radius 3 is 2.44 bits per heavy atom. The normalized spacial score (nSPS) is 12.5. The van der Waals surface area contributed by atoms with E-state index in [4.69, 9.17) is 5.11 Å². The number of anilines is 1. The maximum Gasteiger partial charge on any atom is 0.308 e. The lowest BCUT2D eigenvalue weighted by molar-refractivity contribution is -0.142. The number of hydrogen-bond acceptors (Lipinski definition) is 3. The van der Waals surface area contributed by atoms with Crippen LogP contribution in [-0.4, -0.2) is 29.7 Å². The predicted octanol–water partition coefficient (Wildman–Crippen LogP) is 1.87. The Morgan fingerprint density at radius 2 is 2.00 bits per heavy atom. The first-order chi connectivity index (χ1) is 7.52. The molecule has 1 aromatic rings. The highest BCUT2D eigenvalue weighted by molar-refractivity contribution is 5.71. The number of aromatic nitrogens is 1. The molecular formula is C12H18N2O2. The second-order valence-electron chi connectivity index (χ2n) is 4.27. The zero-order valence-corrected chi connectivity index (χ0v) is 9.92. The summed E-state index contributed by atoms with van der Waals surface area (Å²) in [4.78, 5) is 16.9. The lowest BCUT2D eigenvalue weighted by Crippen LogP contribution is -2.33. The van der Waals surface area contributed by atoms with Crippen LogP contribution in [-0.2, 0) is 4.79 Å². The van der Waals surface area contributed by atoms with Crippen LogP contribution < -0.4 is 4.90 Å². The van der Waals surface area contributed by atoms with Gasteiger partial charge in [-0.2, -0.15) is 0 Å². The molecule has 1 aromatic heterocycles. The third-order valence-electron chi connectivity index (χ3n) is 2.70. The summed E-state index contributed by atoms with van der Waals surface area (Å²) in [5, 5.41) is 9.10. The van der Waals surface area contributed by atoms with Crippen LogP contribution in [0.3, 0.4) is 0 Å². The summed E-state index contributed by atoms with van der Waals surface area (Å²) in [6, 6.07) is 3.75. The quantitative estimate of drug-likeness (QED) is 0.826. The fourth-order valence-electron chi connectivity index (χ4n) is 1.57. The minimum atomic E-state index is -0.740. The number of aliphatic carboxylic acids is 1. The van der Waals surface area contributed by atoms with Crippen LogP contribution in [0.4, 0.5) is 5.69 Å². The SMILES string of the molecule is CC(C)C(CN(C)c1ccncc1)C(=O)O. The van der Waals surface area contributed by atoms with Gasteiger partial charge < -0.3 is 10.0 Å². The Kier molecular flexibility index (Phi) is 4.28. The van der Waals surface area contributed by atoms with Gasteiger partial charge in [-0.25, -0.2) is 0 Å². The first-order valence-electron chi connectivity index (χ1n) is 5.36.